The van der Waals surface area contributed by atoms with E-state index in [0.717, 1.165) is 17.5 Å². The highest BCUT2D eigenvalue weighted by molar-refractivity contribution is 6.31. The lowest BCUT2D eigenvalue weighted by molar-refractivity contribution is -0.142. The Hall–Kier alpha value is -2.24. The maximum absolute atomic E-state index is 13.0. The molecule has 30 heavy (non-hydrogen) atoms. The molecule has 2 atom stereocenters. The number of hydrogen-bond acceptors (Lipinski definition) is 3. The van der Waals surface area contributed by atoms with E-state index < -0.39 is 6.04 Å². The Bertz CT molecular complexity index is 889. The number of rotatable bonds is 9. The number of benzene rings is 2. The smallest absolute Gasteiger partial charge is 0.261 e. The van der Waals surface area contributed by atoms with Crippen LogP contribution in [-0.2, 0) is 16.1 Å². The average molecular weight is 451 g/mol. The van der Waals surface area contributed by atoms with E-state index in [9.17, 15) is 9.59 Å². The Morgan fingerprint density at radius 2 is 1.80 bits per heavy atom. The van der Waals surface area contributed by atoms with Crippen LogP contribution in [0.2, 0.25) is 10.0 Å². The summed E-state index contributed by atoms with van der Waals surface area (Å²) in [5.41, 5.74) is 1.62. The van der Waals surface area contributed by atoms with E-state index in [1.165, 1.54) is 4.90 Å². The highest BCUT2D eigenvalue weighted by atomic mass is 35.5. The number of hydrogen-bond donors (Lipinski definition) is 1. The van der Waals surface area contributed by atoms with Crippen molar-refractivity contribution in [3.8, 4) is 5.75 Å². The van der Waals surface area contributed by atoms with E-state index in [2.05, 4.69) is 5.32 Å². The SMILES string of the molecule is CC[C@H](C)NC(=O)[C@H](C)N(Cc1ccccc1Cl)C(=O)COc1ccc(Cl)c(C)c1. The highest BCUT2D eigenvalue weighted by Gasteiger charge is 2.27. The Morgan fingerprint density at radius 3 is 2.43 bits per heavy atom. The predicted molar refractivity (Wildman–Crippen MR) is 121 cm³/mol. The largest absolute Gasteiger partial charge is 0.484 e. The summed E-state index contributed by atoms with van der Waals surface area (Å²) < 4.78 is 5.67. The van der Waals surface area contributed by atoms with Crippen LogP contribution in [0.4, 0.5) is 0 Å². The maximum Gasteiger partial charge on any atom is 0.261 e. The molecule has 2 aromatic carbocycles. The summed E-state index contributed by atoms with van der Waals surface area (Å²) in [6.45, 7) is 7.49. The van der Waals surface area contributed by atoms with Crippen molar-refractivity contribution in [2.24, 2.45) is 0 Å². The molecule has 0 saturated heterocycles. The number of aryl methyl sites for hydroxylation is 1. The Balaban J connectivity index is 2.18. The van der Waals surface area contributed by atoms with Gasteiger partial charge in [0.2, 0.25) is 5.91 Å². The molecule has 0 unspecified atom stereocenters. The molecule has 0 radical (unpaired) electrons. The molecule has 0 bridgehead atoms. The van der Waals surface area contributed by atoms with Crippen LogP contribution in [0.25, 0.3) is 0 Å². The molecule has 0 heterocycles. The van der Waals surface area contributed by atoms with Crippen molar-refractivity contribution in [3.63, 3.8) is 0 Å². The van der Waals surface area contributed by atoms with Gasteiger partial charge in [-0.1, -0.05) is 48.3 Å². The Morgan fingerprint density at radius 1 is 1.10 bits per heavy atom. The molecule has 2 aromatic rings. The third-order valence-electron chi connectivity index (χ3n) is 4.96. The van der Waals surface area contributed by atoms with Crippen molar-refractivity contribution in [2.45, 2.75) is 52.7 Å². The van der Waals surface area contributed by atoms with Crippen LogP contribution < -0.4 is 10.1 Å². The van der Waals surface area contributed by atoms with E-state index in [0.29, 0.717) is 15.8 Å². The van der Waals surface area contributed by atoms with Gasteiger partial charge in [-0.15, -0.1) is 0 Å². The molecule has 5 nitrogen and oxygen atoms in total. The van der Waals surface area contributed by atoms with Crippen LogP contribution in [-0.4, -0.2) is 35.4 Å². The Kier molecular flexibility index (Phi) is 9.00. The summed E-state index contributed by atoms with van der Waals surface area (Å²) in [6, 6.07) is 11.8. The summed E-state index contributed by atoms with van der Waals surface area (Å²) >= 11 is 12.3. The lowest BCUT2D eigenvalue weighted by Crippen LogP contribution is -2.50. The standard InChI is InChI=1S/C23H28Cl2N2O3/c1-5-16(3)26-23(29)17(4)27(13-18-8-6-7-9-21(18)25)22(28)14-30-19-10-11-20(24)15(2)12-19/h6-12,16-17H,5,13-14H2,1-4H3,(H,26,29)/t16-,17-/m0/s1. The van der Waals surface area contributed by atoms with E-state index in [4.69, 9.17) is 27.9 Å². The first-order valence-electron chi connectivity index (χ1n) is 9.95. The van der Waals surface area contributed by atoms with Gasteiger partial charge in [0.1, 0.15) is 11.8 Å². The summed E-state index contributed by atoms with van der Waals surface area (Å²) in [5, 5.41) is 4.10. The van der Waals surface area contributed by atoms with Crippen molar-refractivity contribution in [2.75, 3.05) is 6.61 Å². The zero-order chi connectivity index (χ0) is 22.3. The number of amides is 2. The average Bonchev–Trinajstić information content (AvgIpc) is 2.73. The number of carbonyl (C=O) groups is 2. The van der Waals surface area contributed by atoms with Crippen molar-refractivity contribution >= 4 is 35.0 Å². The van der Waals surface area contributed by atoms with Gasteiger partial charge in [0, 0.05) is 22.6 Å². The van der Waals surface area contributed by atoms with Gasteiger partial charge in [-0.2, -0.15) is 0 Å². The summed E-state index contributed by atoms with van der Waals surface area (Å²) in [5.74, 6) is 0.0149. The minimum atomic E-state index is -0.682. The molecule has 0 saturated carbocycles. The van der Waals surface area contributed by atoms with Crippen molar-refractivity contribution in [1.29, 1.82) is 0 Å². The number of ether oxygens (including phenoxy) is 1. The normalized spacial score (nSPS) is 12.7. The molecule has 7 heteroatoms. The molecule has 2 rings (SSSR count). The second-order valence-electron chi connectivity index (χ2n) is 7.31. The molecule has 0 aliphatic rings. The summed E-state index contributed by atoms with van der Waals surface area (Å²) in [6.07, 6.45) is 0.802. The Labute approximate surface area is 188 Å². The van der Waals surface area contributed by atoms with Crippen molar-refractivity contribution in [3.05, 3.63) is 63.6 Å². The zero-order valence-corrected chi connectivity index (χ0v) is 19.3. The van der Waals surface area contributed by atoms with Crippen LogP contribution in [0, 0.1) is 6.92 Å². The van der Waals surface area contributed by atoms with Gasteiger partial charge < -0.3 is 15.0 Å². The summed E-state index contributed by atoms with van der Waals surface area (Å²) in [7, 11) is 0. The fourth-order valence-corrected chi connectivity index (χ4v) is 3.11. The fourth-order valence-electron chi connectivity index (χ4n) is 2.79. The first kappa shape index (κ1) is 24.0. The van der Waals surface area contributed by atoms with Crippen LogP contribution >= 0.6 is 23.2 Å². The van der Waals surface area contributed by atoms with E-state index in [1.807, 2.05) is 39.0 Å². The quantitative estimate of drug-likeness (QED) is 0.583. The van der Waals surface area contributed by atoms with Gasteiger partial charge in [-0.05, 0) is 62.6 Å². The van der Waals surface area contributed by atoms with Crippen LogP contribution in [0.3, 0.4) is 0 Å². The lowest BCUT2D eigenvalue weighted by atomic mass is 10.1. The maximum atomic E-state index is 13.0. The number of carbonyl (C=O) groups excluding carboxylic acids is 2. The van der Waals surface area contributed by atoms with E-state index >= 15 is 0 Å². The minimum absolute atomic E-state index is 0.0190. The monoisotopic (exact) mass is 450 g/mol. The number of nitrogens with zero attached hydrogens (tertiary/aromatic N) is 1. The van der Waals surface area contributed by atoms with Gasteiger partial charge >= 0.3 is 0 Å². The first-order valence-corrected chi connectivity index (χ1v) is 10.7. The molecule has 0 aromatic heterocycles. The van der Waals surface area contributed by atoms with E-state index in [-0.39, 0.29) is 31.0 Å². The second-order valence-corrected chi connectivity index (χ2v) is 8.12. The zero-order valence-electron chi connectivity index (χ0n) is 17.7. The second kappa shape index (κ2) is 11.2. The molecule has 0 aliphatic carbocycles. The van der Waals surface area contributed by atoms with Crippen LogP contribution in [0.15, 0.2) is 42.5 Å². The first-order chi connectivity index (χ1) is 14.2. The van der Waals surface area contributed by atoms with Gasteiger partial charge in [-0.3, -0.25) is 9.59 Å². The molecule has 0 fully saturated rings. The predicted octanol–water partition coefficient (Wildman–Crippen LogP) is 5.01. The lowest BCUT2D eigenvalue weighted by Gasteiger charge is -2.30. The molecular formula is C23H28Cl2N2O3. The van der Waals surface area contributed by atoms with Crippen LogP contribution in [0.1, 0.15) is 38.3 Å². The minimum Gasteiger partial charge on any atom is -0.484 e. The highest BCUT2D eigenvalue weighted by Crippen LogP contribution is 2.22. The number of nitrogens with one attached hydrogen (secondary N) is 1. The number of halogens is 2. The molecule has 162 valence electrons. The fraction of sp³-hybridized carbons (Fsp3) is 0.391. The third kappa shape index (κ3) is 6.64. The molecular weight excluding hydrogens is 423 g/mol. The third-order valence-corrected chi connectivity index (χ3v) is 5.75. The van der Waals surface area contributed by atoms with Crippen LogP contribution in [0.5, 0.6) is 5.75 Å². The molecule has 2 amide bonds. The van der Waals surface area contributed by atoms with Crippen molar-refractivity contribution < 1.29 is 14.3 Å². The van der Waals surface area contributed by atoms with Gasteiger partial charge in [0.25, 0.3) is 5.91 Å². The van der Waals surface area contributed by atoms with E-state index in [1.54, 1.807) is 31.2 Å². The summed E-state index contributed by atoms with van der Waals surface area (Å²) in [4.78, 5) is 27.2. The molecule has 1 N–H and O–H groups in total. The topological polar surface area (TPSA) is 58.6 Å². The van der Waals surface area contributed by atoms with Gasteiger partial charge in [0.05, 0.1) is 0 Å². The van der Waals surface area contributed by atoms with Gasteiger partial charge in [0.15, 0.2) is 6.61 Å². The van der Waals surface area contributed by atoms with Crippen molar-refractivity contribution in [1.82, 2.24) is 10.2 Å². The van der Waals surface area contributed by atoms with Gasteiger partial charge in [-0.25, -0.2) is 0 Å². The molecule has 0 spiro atoms. The molecule has 0 aliphatic heterocycles.